The molecule has 146 valence electrons. The summed E-state index contributed by atoms with van der Waals surface area (Å²) in [5.74, 6) is -0.393. The first-order valence-corrected chi connectivity index (χ1v) is 9.41. The Morgan fingerprint density at radius 3 is 2.42 bits per heavy atom. The van der Waals surface area contributed by atoms with Crippen molar-refractivity contribution in [2.75, 3.05) is 13.1 Å². The summed E-state index contributed by atoms with van der Waals surface area (Å²) in [6.45, 7) is 8.29. The number of hydrogen-bond donors (Lipinski definition) is 1. The first kappa shape index (κ1) is 22.2. The van der Waals surface area contributed by atoms with Crippen molar-refractivity contribution in [3.05, 3.63) is 42.5 Å². The maximum Gasteiger partial charge on any atom is 0.416 e. The first-order valence-electron chi connectivity index (χ1n) is 7.97. The third-order valence-electron chi connectivity index (χ3n) is 3.84. The molecule has 9 heteroatoms. The van der Waals surface area contributed by atoms with E-state index in [0.717, 1.165) is 22.5 Å². The third-order valence-corrected chi connectivity index (χ3v) is 5.65. The van der Waals surface area contributed by atoms with Gasteiger partial charge in [0.15, 0.2) is 0 Å². The van der Waals surface area contributed by atoms with Gasteiger partial charge >= 0.3 is 6.18 Å². The van der Waals surface area contributed by atoms with Crippen LogP contribution in [0.25, 0.3) is 0 Å². The molecule has 1 atom stereocenters. The zero-order valence-corrected chi connectivity index (χ0v) is 15.7. The molecule has 0 aliphatic rings. The van der Waals surface area contributed by atoms with E-state index in [4.69, 9.17) is 0 Å². The Balaban J connectivity index is 3.11. The van der Waals surface area contributed by atoms with E-state index in [1.807, 2.05) is 13.8 Å². The van der Waals surface area contributed by atoms with E-state index < -0.39 is 39.1 Å². The molecule has 1 unspecified atom stereocenters. The molecule has 0 aromatic heterocycles. The number of benzene rings is 1. The van der Waals surface area contributed by atoms with Crippen LogP contribution in [0, 0.1) is 5.92 Å². The number of rotatable bonds is 8. The van der Waals surface area contributed by atoms with Gasteiger partial charge in [0, 0.05) is 12.6 Å². The number of nitrogens with one attached hydrogen (secondary N) is 1. The van der Waals surface area contributed by atoms with E-state index >= 15 is 0 Å². The highest BCUT2D eigenvalue weighted by Crippen LogP contribution is 2.31. The van der Waals surface area contributed by atoms with Crippen molar-refractivity contribution in [3.63, 3.8) is 0 Å². The Morgan fingerprint density at radius 2 is 1.92 bits per heavy atom. The Labute approximate surface area is 151 Å². The zero-order valence-electron chi connectivity index (χ0n) is 14.9. The molecule has 0 bridgehead atoms. The van der Waals surface area contributed by atoms with Gasteiger partial charge in [-0.25, -0.2) is 8.42 Å². The summed E-state index contributed by atoms with van der Waals surface area (Å²) in [6, 6.07) is 3.25. The predicted molar refractivity (Wildman–Crippen MR) is 92.8 cm³/mol. The molecule has 0 spiro atoms. The topological polar surface area (TPSA) is 66.5 Å². The van der Waals surface area contributed by atoms with Gasteiger partial charge in [0.2, 0.25) is 15.9 Å². The van der Waals surface area contributed by atoms with Crippen LogP contribution in [0.5, 0.6) is 0 Å². The number of carbonyl (C=O) groups excluding carboxylic acids is 1. The molecule has 1 N–H and O–H groups in total. The van der Waals surface area contributed by atoms with Gasteiger partial charge in [-0.15, -0.1) is 6.58 Å². The first-order chi connectivity index (χ1) is 11.9. The molecule has 0 saturated heterocycles. The molecule has 5 nitrogen and oxygen atoms in total. The van der Waals surface area contributed by atoms with E-state index in [1.54, 1.807) is 6.92 Å². The van der Waals surface area contributed by atoms with Crippen LogP contribution in [0.4, 0.5) is 13.2 Å². The molecule has 0 radical (unpaired) electrons. The summed E-state index contributed by atoms with van der Waals surface area (Å²) < 4.78 is 64.7. The van der Waals surface area contributed by atoms with Crippen molar-refractivity contribution in [3.8, 4) is 0 Å². The van der Waals surface area contributed by atoms with Crippen LogP contribution in [-0.2, 0) is 21.0 Å². The maximum atomic E-state index is 12.8. The number of alkyl halides is 3. The summed E-state index contributed by atoms with van der Waals surface area (Å²) >= 11 is 0. The summed E-state index contributed by atoms with van der Waals surface area (Å²) in [6.07, 6.45) is -3.40. The van der Waals surface area contributed by atoms with Crippen molar-refractivity contribution in [1.29, 1.82) is 0 Å². The second kappa shape index (κ2) is 8.68. The molecule has 0 aliphatic carbocycles. The maximum absolute atomic E-state index is 12.8. The lowest BCUT2D eigenvalue weighted by atomic mass is 10.1. The number of sulfonamides is 1. The second-order valence-electron chi connectivity index (χ2n) is 6.21. The van der Waals surface area contributed by atoms with Crippen LogP contribution in [0.3, 0.4) is 0 Å². The molecule has 1 amide bonds. The summed E-state index contributed by atoms with van der Waals surface area (Å²) in [5.41, 5.74) is -1.07. The highest BCUT2D eigenvalue weighted by atomic mass is 32.2. The van der Waals surface area contributed by atoms with Crippen molar-refractivity contribution >= 4 is 15.9 Å². The average molecular weight is 392 g/mol. The molecular weight excluding hydrogens is 369 g/mol. The van der Waals surface area contributed by atoms with Crippen LogP contribution >= 0.6 is 0 Å². The lowest BCUT2D eigenvalue weighted by Crippen LogP contribution is -2.44. The Kier molecular flexibility index (Phi) is 7.40. The molecule has 0 aliphatic heterocycles. The third kappa shape index (κ3) is 5.84. The van der Waals surface area contributed by atoms with Crippen molar-refractivity contribution < 1.29 is 26.4 Å². The molecule has 1 rings (SSSR count). The minimum atomic E-state index is -4.67. The van der Waals surface area contributed by atoms with E-state index in [9.17, 15) is 26.4 Å². The minimum Gasteiger partial charge on any atom is -0.352 e. The quantitative estimate of drug-likeness (QED) is 0.692. The smallest absolute Gasteiger partial charge is 0.352 e. The van der Waals surface area contributed by atoms with Crippen LogP contribution in [0.1, 0.15) is 26.3 Å². The summed E-state index contributed by atoms with van der Waals surface area (Å²) in [7, 11) is -4.30. The molecule has 1 aromatic rings. The van der Waals surface area contributed by atoms with Crippen LogP contribution < -0.4 is 5.32 Å². The van der Waals surface area contributed by atoms with Crippen molar-refractivity contribution in [2.24, 2.45) is 5.92 Å². The van der Waals surface area contributed by atoms with Crippen molar-refractivity contribution in [1.82, 2.24) is 9.62 Å². The molecule has 0 heterocycles. The predicted octanol–water partition coefficient (Wildman–Crippen LogP) is 3.04. The van der Waals surface area contributed by atoms with Gasteiger partial charge in [-0.1, -0.05) is 26.0 Å². The second-order valence-corrected chi connectivity index (χ2v) is 8.15. The lowest BCUT2D eigenvalue weighted by molar-refractivity contribution is -0.137. The molecular formula is C17H23F3N2O3S. The summed E-state index contributed by atoms with van der Waals surface area (Å²) in [4.78, 5) is 11.6. The lowest BCUT2D eigenvalue weighted by Gasteiger charge is -2.23. The van der Waals surface area contributed by atoms with Gasteiger partial charge in [-0.2, -0.15) is 17.5 Å². The molecule has 0 saturated carbocycles. The Hall–Kier alpha value is -1.87. The van der Waals surface area contributed by atoms with Gasteiger partial charge in [0.05, 0.1) is 17.0 Å². The molecule has 26 heavy (non-hydrogen) atoms. The fourth-order valence-electron chi connectivity index (χ4n) is 2.00. The van der Waals surface area contributed by atoms with Gasteiger partial charge in [-0.05, 0) is 31.0 Å². The molecule has 0 fully saturated rings. The fraction of sp³-hybridized carbons (Fsp3) is 0.471. The number of amides is 1. The highest BCUT2D eigenvalue weighted by Gasteiger charge is 2.33. The number of halogens is 3. The Bertz CT molecular complexity index is 746. The van der Waals surface area contributed by atoms with E-state index in [2.05, 4.69) is 11.9 Å². The zero-order chi connectivity index (χ0) is 20.1. The van der Waals surface area contributed by atoms with Crippen LogP contribution in [0.2, 0.25) is 0 Å². The monoisotopic (exact) mass is 392 g/mol. The van der Waals surface area contributed by atoms with Crippen molar-refractivity contribution in [2.45, 2.75) is 37.9 Å². The number of nitrogens with zero attached hydrogens (tertiary/aromatic N) is 1. The van der Waals surface area contributed by atoms with Crippen LogP contribution in [0.15, 0.2) is 41.8 Å². The minimum absolute atomic E-state index is 0.145. The number of carbonyl (C=O) groups is 1. The van der Waals surface area contributed by atoms with Gasteiger partial charge in [-0.3, -0.25) is 4.79 Å². The normalized spacial score (nSPS) is 13.7. The van der Waals surface area contributed by atoms with Gasteiger partial charge < -0.3 is 5.32 Å². The number of hydrogen-bond acceptors (Lipinski definition) is 3. The van der Waals surface area contributed by atoms with E-state index in [1.165, 1.54) is 6.08 Å². The standard InChI is InChI=1S/C17H23F3N2O3S/c1-5-9-22(11-16(23)21-13(4)12(2)3)26(24,25)15-8-6-7-14(10-15)17(18,19)20/h5-8,10,12-13H,1,9,11H2,2-4H3,(H,21,23). The molecule has 1 aromatic carbocycles. The highest BCUT2D eigenvalue weighted by molar-refractivity contribution is 7.89. The van der Waals surface area contributed by atoms with Gasteiger partial charge in [0.1, 0.15) is 0 Å². The Morgan fingerprint density at radius 1 is 1.31 bits per heavy atom. The van der Waals surface area contributed by atoms with E-state index in [0.29, 0.717) is 6.07 Å². The largest absolute Gasteiger partial charge is 0.416 e. The fourth-order valence-corrected chi connectivity index (χ4v) is 3.41. The summed E-state index contributed by atoms with van der Waals surface area (Å²) in [5, 5.41) is 2.67. The van der Waals surface area contributed by atoms with E-state index in [-0.39, 0.29) is 18.5 Å². The van der Waals surface area contributed by atoms with Crippen LogP contribution in [-0.4, -0.2) is 37.8 Å². The SMILES string of the molecule is C=CCN(CC(=O)NC(C)C(C)C)S(=O)(=O)c1cccc(C(F)(F)F)c1. The van der Waals surface area contributed by atoms with Gasteiger partial charge in [0.25, 0.3) is 0 Å². The average Bonchev–Trinajstić information content (AvgIpc) is 2.53.